The SMILES string of the molecule is CC(C)CN1CCN(C(C)C(C)CNC(C)(C)C)CC1. The molecule has 2 atom stereocenters. The van der Waals surface area contributed by atoms with Crippen molar-refractivity contribution in [3.8, 4) is 0 Å². The summed E-state index contributed by atoms with van der Waals surface area (Å²) in [5.74, 6) is 1.49. The quantitative estimate of drug-likeness (QED) is 0.808. The molecule has 1 aliphatic heterocycles. The van der Waals surface area contributed by atoms with Crippen LogP contribution in [0.5, 0.6) is 0 Å². The van der Waals surface area contributed by atoms with Gasteiger partial charge in [0.05, 0.1) is 0 Å². The maximum absolute atomic E-state index is 3.64. The van der Waals surface area contributed by atoms with Crippen molar-refractivity contribution < 1.29 is 0 Å². The molecule has 0 spiro atoms. The Kier molecular flexibility index (Phi) is 6.96. The normalized spacial score (nSPS) is 22.2. The number of rotatable bonds is 6. The maximum Gasteiger partial charge on any atom is 0.0113 e. The molecule has 1 N–H and O–H groups in total. The standard InChI is InChI=1S/C17H37N3/c1-14(2)13-19-8-10-20(11-9-19)16(4)15(3)12-18-17(5,6)7/h14-16,18H,8-13H2,1-7H3. The molecule has 0 bridgehead atoms. The molecule has 0 aromatic heterocycles. The molecule has 120 valence electrons. The van der Waals surface area contributed by atoms with Gasteiger partial charge in [-0.1, -0.05) is 20.8 Å². The topological polar surface area (TPSA) is 18.5 Å². The molecule has 0 radical (unpaired) electrons. The van der Waals surface area contributed by atoms with Crippen molar-refractivity contribution in [2.24, 2.45) is 11.8 Å². The molecule has 0 aromatic rings. The number of nitrogens with one attached hydrogen (secondary N) is 1. The van der Waals surface area contributed by atoms with E-state index < -0.39 is 0 Å². The largest absolute Gasteiger partial charge is 0.312 e. The molecule has 1 heterocycles. The van der Waals surface area contributed by atoms with E-state index in [2.05, 4.69) is 63.6 Å². The van der Waals surface area contributed by atoms with Crippen molar-refractivity contribution in [1.82, 2.24) is 15.1 Å². The van der Waals surface area contributed by atoms with Crippen LogP contribution in [0.25, 0.3) is 0 Å². The molecule has 1 saturated heterocycles. The Morgan fingerprint density at radius 2 is 1.50 bits per heavy atom. The highest BCUT2D eigenvalue weighted by Crippen LogP contribution is 2.15. The first-order chi connectivity index (χ1) is 9.19. The first kappa shape index (κ1) is 17.9. The fraction of sp³-hybridized carbons (Fsp3) is 1.00. The van der Waals surface area contributed by atoms with Crippen LogP contribution < -0.4 is 5.32 Å². The molecule has 3 heteroatoms. The molecule has 1 aliphatic rings. The van der Waals surface area contributed by atoms with E-state index in [1.807, 2.05) is 0 Å². The Bertz CT molecular complexity index is 262. The molecule has 0 amide bonds. The van der Waals surface area contributed by atoms with Gasteiger partial charge < -0.3 is 10.2 Å². The lowest BCUT2D eigenvalue weighted by Crippen LogP contribution is -2.53. The Balaban J connectivity index is 2.32. The molecular weight excluding hydrogens is 246 g/mol. The number of nitrogens with zero attached hydrogens (tertiary/aromatic N) is 2. The fourth-order valence-corrected chi connectivity index (χ4v) is 2.87. The molecule has 3 nitrogen and oxygen atoms in total. The van der Waals surface area contributed by atoms with E-state index in [1.54, 1.807) is 0 Å². The van der Waals surface area contributed by atoms with Gasteiger partial charge >= 0.3 is 0 Å². The molecule has 1 fully saturated rings. The van der Waals surface area contributed by atoms with Crippen molar-refractivity contribution in [1.29, 1.82) is 0 Å². The number of hydrogen-bond acceptors (Lipinski definition) is 3. The Labute approximate surface area is 127 Å². The second-order valence-electron chi connectivity index (χ2n) is 8.08. The Morgan fingerprint density at radius 1 is 0.950 bits per heavy atom. The Hall–Kier alpha value is -0.120. The van der Waals surface area contributed by atoms with Gasteiger partial charge in [0.25, 0.3) is 0 Å². The predicted molar refractivity (Wildman–Crippen MR) is 89.2 cm³/mol. The monoisotopic (exact) mass is 283 g/mol. The van der Waals surface area contributed by atoms with Crippen LogP contribution in [0.2, 0.25) is 0 Å². The van der Waals surface area contributed by atoms with Crippen molar-refractivity contribution >= 4 is 0 Å². The number of piperazine rings is 1. The van der Waals surface area contributed by atoms with Gasteiger partial charge in [0, 0.05) is 44.3 Å². The second kappa shape index (κ2) is 7.77. The number of hydrogen-bond donors (Lipinski definition) is 1. The van der Waals surface area contributed by atoms with Gasteiger partial charge in [0.1, 0.15) is 0 Å². The van der Waals surface area contributed by atoms with Crippen LogP contribution >= 0.6 is 0 Å². The van der Waals surface area contributed by atoms with Gasteiger partial charge in [0.2, 0.25) is 0 Å². The molecule has 0 aliphatic carbocycles. The third-order valence-electron chi connectivity index (χ3n) is 4.38. The molecule has 20 heavy (non-hydrogen) atoms. The molecule has 2 unspecified atom stereocenters. The minimum absolute atomic E-state index is 0.226. The highest BCUT2D eigenvalue weighted by molar-refractivity contribution is 4.82. The summed E-state index contributed by atoms with van der Waals surface area (Å²) in [5.41, 5.74) is 0.226. The summed E-state index contributed by atoms with van der Waals surface area (Å²) in [5, 5.41) is 3.64. The van der Waals surface area contributed by atoms with Gasteiger partial charge in [-0.15, -0.1) is 0 Å². The summed E-state index contributed by atoms with van der Waals surface area (Å²) < 4.78 is 0. The Morgan fingerprint density at radius 3 is 1.95 bits per heavy atom. The third-order valence-corrected chi connectivity index (χ3v) is 4.38. The summed E-state index contributed by atoms with van der Waals surface area (Å²) in [6.45, 7) is 23.4. The van der Waals surface area contributed by atoms with Crippen LogP contribution in [-0.2, 0) is 0 Å². The zero-order valence-electron chi connectivity index (χ0n) is 14.9. The molecule has 0 saturated carbocycles. The summed E-state index contributed by atoms with van der Waals surface area (Å²) in [6.07, 6.45) is 0. The van der Waals surface area contributed by atoms with E-state index in [4.69, 9.17) is 0 Å². The van der Waals surface area contributed by atoms with Gasteiger partial charge in [-0.2, -0.15) is 0 Å². The predicted octanol–water partition coefficient (Wildman–Crippen LogP) is 2.67. The first-order valence-corrected chi connectivity index (χ1v) is 8.40. The summed E-state index contributed by atoms with van der Waals surface area (Å²) in [4.78, 5) is 5.29. The smallest absolute Gasteiger partial charge is 0.0113 e. The summed E-state index contributed by atoms with van der Waals surface area (Å²) >= 11 is 0. The van der Waals surface area contributed by atoms with Gasteiger partial charge in [-0.3, -0.25) is 4.90 Å². The van der Waals surface area contributed by atoms with Crippen LogP contribution in [0.3, 0.4) is 0 Å². The fourth-order valence-electron chi connectivity index (χ4n) is 2.87. The van der Waals surface area contributed by atoms with Crippen LogP contribution in [-0.4, -0.2) is 60.6 Å². The third kappa shape index (κ3) is 6.55. The van der Waals surface area contributed by atoms with Crippen LogP contribution in [0.4, 0.5) is 0 Å². The maximum atomic E-state index is 3.64. The lowest BCUT2D eigenvalue weighted by Gasteiger charge is -2.41. The van der Waals surface area contributed by atoms with E-state index >= 15 is 0 Å². The minimum atomic E-state index is 0.226. The summed E-state index contributed by atoms with van der Waals surface area (Å²) in [6, 6.07) is 0.672. The van der Waals surface area contributed by atoms with Crippen molar-refractivity contribution in [3.63, 3.8) is 0 Å². The van der Waals surface area contributed by atoms with Gasteiger partial charge in [0.15, 0.2) is 0 Å². The molecule has 1 rings (SSSR count). The average Bonchev–Trinajstić information content (AvgIpc) is 2.34. The lowest BCUT2D eigenvalue weighted by atomic mass is 9.99. The second-order valence-corrected chi connectivity index (χ2v) is 8.08. The van der Waals surface area contributed by atoms with E-state index in [1.165, 1.54) is 32.7 Å². The van der Waals surface area contributed by atoms with E-state index in [-0.39, 0.29) is 5.54 Å². The van der Waals surface area contributed by atoms with Crippen LogP contribution in [0.1, 0.15) is 48.5 Å². The molecular formula is C17H37N3. The lowest BCUT2D eigenvalue weighted by molar-refractivity contribution is 0.0735. The first-order valence-electron chi connectivity index (χ1n) is 8.40. The highest BCUT2D eigenvalue weighted by Gasteiger charge is 2.25. The van der Waals surface area contributed by atoms with Crippen LogP contribution in [0, 0.1) is 11.8 Å². The van der Waals surface area contributed by atoms with E-state index in [0.717, 1.165) is 12.5 Å². The molecule has 0 aromatic carbocycles. The van der Waals surface area contributed by atoms with Crippen molar-refractivity contribution in [2.75, 3.05) is 39.3 Å². The zero-order valence-corrected chi connectivity index (χ0v) is 14.9. The van der Waals surface area contributed by atoms with Gasteiger partial charge in [-0.05, 0) is 46.1 Å². The minimum Gasteiger partial charge on any atom is -0.312 e. The van der Waals surface area contributed by atoms with Crippen LogP contribution in [0.15, 0.2) is 0 Å². The zero-order chi connectivity index (χ0) is 15.3. The average molecular weight is 284 g/mol. The van der Waals surface area contributed by atoms with E-state index in [0.29, 0.717) is 12.0 Å². The highest BCUT2D eigenvalue weighted by atomic mass is 15.3. The summed E-state index contributed by atoms with van der Waals surface area (Å²) in [7, 11) is 0. The van der Waals surface area contributed by atoms with Crippen molar-refractivity contribution in [3.05, 3.63) is 0 Å². The van der Waals surface area contributed by atoms with Crippen molar-refractivity contribution in [2.45, 2.75) is 60.0 Å². The van der Waals surface area contributed by atoms with E-state index in [9.17, 15) is 0 Å². The van der Waals surface area contributed by atoms with Gasteiger partial charge in [-0.25, -0.2) is 0 Å².